The second kappa shape index (κ2) is 16.3. The molecule has 19 heteroatoms. The average Bonchev–Trinajstić information content (AvgIpc) is 3.12. The maximum absolute atomic E-state index is 14.0. The number of nitrogens with zero attached hydrogens (tertiary/aromatic N) is 1. The van der Waals surface area contributed by atoms with Crippen molar-refractivity contribution in [3.8, 4) is 0 Å². The van der Waals surface area contributed by atoms with E-state index >= 15 is 0 Å². The van der Waals surface area contributed by atoms with Crippen molar-refractivity contribution in [2.45, 2.75) is 61.8 Å². The van der Waals surface area contributed by atoms with Crippen LogP contribution in [-0.4, -0.2) is 74.4 Å². The Morgan fingerprint density at radius 3 is 1.24 bits per heavy atom. The summed E-state index contributed by atoms with van der Waals surface area (Å²) < 4.78 is 52.5. The average molecular weight is 839 g/mol. The van der Waals surface area contributed by atoms with Crippen LogP contribution in [-0.2, 0) is 23.8 Å². The van der Waals surface area contributed by atoms with Crippen molar-refractivity contribution in [2.24, 2.45) is 0 Å². The highest BCUT2D eigenvalue weighted by atomic mass is 31.2. The van der Waals surface area contributed by atoms with Crippen LogP contribution in [0.2, 0.25) is 0 Å². The summed E-state index contributed by atoms with van der Waals surface area (Å²) in [7, 11) is -21.2. The number of hydrogen-bond acceptors (Lipinski definition) is 6. The lowest BCUT2D eigenvalue weighted by Crippen LogP contribution is -2.67. The second-order valence-corrected chi connectivity index (χ2v) is 21.5. The molecule has 0 saturated heterocycles. The number of benzene rings is 4. The lowest BCUT2D eigenvalue weighted by Gasteiger charge is -2.57. The molecule has 55 heavy (non-hydrogen) atoms. The highest BCUT2D eigenvalue weighted by Crippen LogP contribution is 2.69. The number of para-hydroxylation sites is 1. The SMILES string of the molecule is CC(C(c1cccc(C(C(C)P(=O)(O)O)(C(C)P(=O)(O)O)[N+](c2ccccc2)(c2ccc(C=O)cc2)c2ccc(C=O)cc2)c1)C(C)P(=O)(O)O)P(=O)(O)O. The van der Waals surface area contributed by atoms with Crippen molar-refractivity contribution in [3.05, 3.63) is 125 Å². The zero-order valence-electron chi connectivity index (χ0n) is 30.1. The molecule has 4 aromatic rings. The summed E-state index contributed by atoms with van der Waals surface area (Å²) in [5.41, 5.74) is -9.58. The van der Waals surface area contributed by atoms with Gasteiger partial charge in [0, 0.05) is 46.9 Å². The molecule has 296 valence electrons. The molecule has 0 radical (unpaired) electrons. The Morgan fingerprint density at radius 2 is 0.891 bits per heavy atom. The van der Waals surface area contributed by atoms with Crippen molar-refractivity contribution in [1.82, 2.24) is 4.48 Å². The van der Waals surface area contributed by atoms with Crippen LogP contribution in [0.4, 0.5) is 17.1 Å². The van der Waals surface area contributed by atoms with E-state index in [1.165, 1.54) is 72.8 Å². The van der Waals surface area contributed by atoms with E-state index in [2.05, 4.69) is 0 Å². The Morgan fingerprint density at radius 1 is 0.509 bits per heavy atom. The van der Waals surface area contributed by atoms with Crippen LogP contribution < -0.4 is 4.48 Å². The smallest absolute Gasteiger partial charge is 0.324 e. The summed E-state index contributed by atoms with van der Waals surface area (Å²) in [6.07, 6.45) is 1.11. The van der Waals surface area contributed by atoms with Gasteiger partial charge in [-0.05, 0) is 61.9 Å². The first-order chi connectivity index (χ1) is 25.4. The summed E-state index contributed by atoms with van der Waals surface area (Å²) in [5, 5.41) is 0. The topological polar surface area (TPSA) is 264 Å². The maximum Gasteiger partial charge on any atom is 0.335 e. The highest BCUT2D eigenvalue weighted by Gasteiger charge is 2.70. The number of carbonyl (C=O) groups excluding carboxylic acids is 2. The minimum Gasteiger partial charge on any atom is -0.324 e. The van der Waals surface area contributed by atoms with Gasteiger partial charge in [0.15, 0.2) is 5.54 Å². The zero-order chi connectivity index (χ0) is 41.4. The van der Waals surface area contributed by atoms with E-state index in [1.807, 2.05) is 0 Å². The van der Waals surface area contributed by atoms with Crippen LogP contribution in [0.3, 0.4) is 0 Å². The number of quaternary nitrogens is 1. The summed E-state index contributed by atoms with van der Waals surface area (Å²) in [6.45, 7) is 4.43. The van der Waals surface area contributed by atoms with E-state index in [1.54, 1.807) is 30.3 Å². The van der Waals surface area contributed by atoms with Crippen molar-refractivity contribution in [3.63, 3.8) is 0 Å². The molecule has 0 saturated carbocycles. The molecule has 15 nitrogen and oxygen atoms in total. The van der Waals surface area contributed by atoms with Crippen molar-refractivity contribution < 1.29 is 67.0 Å². The molecule has 0 aromatic heterocycles. The molecule has 4 rings (SSSR count). The number of aldehydes is 2. The fraction of sp³-hybridized carbons (Fsp3) is 0.278. The second-order valence-electron chi connectivity index (χ2n) is 13.6. The van der Waals surface area contributed by atoms with Crippen LogP contribution >= 0.6 is 30.4 Å². The minimum absolute atomic E-state index is 0.108. The Hall–Kier alpha value is -3.22. The largest absolute Gasteiger partial charge is 0.335 e. The third-order valence-electron chi connectivity index (χ3n) is 10.6. The number of hydrogen-bond donors (Lipinski definition) is 8. The first-order valence-corrected chi connectivity index (χ1v) is 23.5. The van der Waals surface area contributed by atoms with Crippen LogP contribution in [0.15, 0.2) is 103 Å². The van der Waals surface area contributed by atoms with E-state index in [0.717, 1.165) is 27.7 Å². The summed E-state index contributed by atoms with van der Waals surface area (Å²) in [5.74, 6) is -1.60. The predicted octanol–water partition coefficient (Wildman–Crippen LogP) is 6.53. The van der Waals surface area contributed by atoms with Gasteiger partial charge in [-0.25, -0.2) is 4.48 Å². The van der Waals surface area contributed by atoms with Crippen molar-refractivity contribution in [2.75, 3.05) is 0 Å². The van der Waals surface area contributed by atoms with Gasteiger partial charge in [0.1, 0.15) is 41.0 Å². The standard InChI is InChI=1S/C36H43NO14P4/c1-24(52(40,41)42)35(25(2)53(43,44)45)30-9-8-10-31(21-30)36(26(3)54(46,47)48,27(4)55(49,50)51)37(32-11-6-5-7-12-32,33-17-13-28(22-38)14-18-33)34-19-15-29(23-39)16-20-34/h5-27,35H,1-4H3,(H7-,40,41,42,43,44,45,46,47,48,49,50,51)/p+1. The van der Waals surface area contributed by atoms with E-state index in [9.17, 15) is 67.0 Å². The molecule has 0 amide bonds. The molecular formula is C36H44NO14P4+. The quantitative estimate of drug-likeness (QED) is 0.0339. The predicted molar refractivity (Wildman–Crippen MR) is 208 cm³/mol. The van der Waals surface area contributed by atoms with Gasteiger partial charge in [-0.3, -0.25) is 27.8 Å². The van der Waals surface area contributed by atoms with Crippen LogP contribution in [0.5, 0.6) is 0 Å². The van der Waals surface area contributed by atoms with Crippen LogP contribution in [0, 0.1) is 0 Å². The summed E-state index contributed by atoms with van der Waals surface area (Å²) in [4.78, 5) is 110. The molecule has 8 N–H and O–H groups in total. The molecular weight excluding hydrogens is 794 g/mol. The van der Waals surface area contributed by atoms with Crippen LogP contribution in [0.25, 0.3) is 0 Å². The first kappa shape index (κ1) is 44.5. The Labute approximate surface area is 317 Å². The lowest BCUT2D eigenvalue weighted by atomic mass is 9.75. The van der Waals surface area contributed by atoms with E-state index in [0.29, 0.717) is 12.6 Å². The fourth-order valence-electron chi connectivity index (χ4n) is 7.76. The molecule has 4 unspecified atom stereocenters. The fourth-order valence-corrected chi connectivity index (χ4v) is 11.8. The van der Waals surface area contributed by atoms with E-state index < -0.39 is 69.0 Å². The van der Waals surface area contributed by atoms with Gasteiger partial charge in [-0.15, -0.1) is 0 Å². The third-order valence-corrected chi connectivity index (χ3v) is 16.2. The lowest BCUT2D eigenvalue weighted by molar-refractivity contribution is 0.111. The molecule has 0 spiro atoms. The van der Waals surface area contributed by atoms with Gasteiger partial charge in [0.05, 0.1) is 11.3 Å². The van der Waals surface area contributed by atoms with Gasteiger partial charge in [0.2, 0.25) is 0 Å². The Balaban J connectivity index is 2.45. The number of rotatable bonds is 16. The third kappa shape index (κ3) is 8.42. The van der Waals surface area contributed by atoms with Crippen molar-refractivity contribution in [1.29, 1.82) is 0 Å². The molecule has 0 fully saturated rings. The van der Waals surface area contributed by atoms with Gasteiger partial charge in [0.25, 0.3) is 0 Å². The van der Waals surface area contributed by atoms with E-state index in [4.69, 9.17) is 0 Å². The molecule has 0 aliphatic heterocycles. The first-order valence-electron chi connectivity index (χ1n) is 16.8. The minimum atomic E-state index is -5.51. The monoisotopic (exact) mass is 838 g/mol. The van der Waals surface area contributed by atoms with Gasteiger partial charge >= 0.3 is 30.4 Å². The van der Waals surface area contributed by atoms with E-state index in [-0.39, 0.29) is 39.3 Å². The molecule has 0 heterocycles. The summed E-state index contributed by atoms with van der Waals surface area (Å²) >= 11 is 0. The molecule has 4 aromatic carbocycles. The van der Waals surface area contributed by atoms with Gasteiger partial charge in [-0.1, -0.05) is 50.2 Å². The highest BCUT2D eigenvalue weighted by molar-refractivity contribution is 7.54. The maximum atomic E-state index is 14.0. The Bertz CT molecular complexity index is 2090. The zero-order valence-corrected chi connectivity index (χ0v) is 33.7. The van der Waals surface area contributed by atoms with Crippen molar-refractivity contribution >= 4 is 60.0 Å². The normalized spacial score (nSPS) is 16.9. The van der Waals surface area contributed by atoms with Crippen LogP contribution in [0.1, 0.15) is 65.5 Å². The Kier molecular flexibility index (Phi) is 13.2. The molecule has 4 atom stereocenters. The molecule has 0 aliphatic carbocycles. The molecule has 0 aliphatic rings. The molecule has 0 bridgehead atoms. The summed E-state index contributed by atoms with van der Waals surface area (Å²) in [6, 6.07) is 24.6. The van der Waals surface area contributed by atoms with Gasteiger partial charge in [-0.2, -0.15) is 0 Å². The van der Waals surface area contributed by atoms with Gasteiger partial charge < -0.3 is 39.1 Å². The number of carbonyl (C=O) groups is 2.